The van der Waals surface area contributed by atoms with Gasteiger partial charge in [-0.2, -0.15) is 0 Å². The number of carbonyl (C=O) groups excluding carboxylic acids is 1. The number of pyridine rings is 1. The van der Waals surface area contributed by atoms with Crippen molar-refractivity contribution in [2.24, 2.45) is 17.8 Å². The maximum absolute atomic E-state index is 12.8. The molecule has 1 aromatic rings. The molecule has 0 aromatic carbocycles. The van der Waals surface area contributed by atoms with Crippen LogP contribution in [0, 0.1) is 17.8 Å². The molecule has 1 N–H and O–H groups in total. The molecule has 4 bridgehead atoms. The highest BCUT2D eigenvalue weighted by molar-refractivity contribution is 5.96. The van der Waals surface area contributed by atoms with E-state index in [1.54, 1.807) is 12.3 Å². The van der Waals surface area contributed by atoms with E-state index in [2.05, 4.69) is 10.3 Å². The molecule has 1 heterocycles. The average Bonchev–Trinajstić information content (AvgIpc) is 2.46. The summed E-state index contributed by atoms with van der Waals surface area (Å²) >= 11 is 0. The molecule has 0 atom stereocenters. The van der Waals surface area contributed by atoms with Gasteiger partial charge >= 0.3 is 0 Å². The van der Waals surface area contributed by atoms with Gasteiger partial charge in [-0.3, -0.25) is 4.79 Å². The fourth-order valence-corrected chi connectivity index (χ4v) is 5.39. The Bertz CT molecular complexity index is 549. The molecular weight excluding hydrogens is 276 g/mol. The minimum Gasteiger partial charge on any atom is -0.477 e. The summed E-state index contributed by atoms with van der Waals surface area (Å²) in [6.07, 6.45) is 9.30. The summed E-state index contributed by atoms with van der Waals surface area (Å²) in [6.45, 7) is 2.43. The number of ether oxygens (including phenoxy) is 1. The van der Waals surface area contributed by atoms with E-state index in [0.717, 1.165) is 37.0 Å². The SMILES string of the molecule is CCOc1ncccc1C(=O)NC12CC3CC(CC(C3)C1)C2. The molecule has 4 fully saturated rings. The largest absolute Gasteiger partial charge is 0.477 e. The number of aromatic nitrogens is 1. The molecule has 1 amide bonds. The van der Waals surface area contributed by atoms with Crippen LogP contribution in [-0.4, -0.2) is 23.0 Å². The van der Waals surface area contributed by atoms with Crippen molar-refractivity contribution in [1.82, 2.24) is 10.3 Å². The predicted octanol–water partition coefficient (Wildman–Crippen LogP) is 3.18. The third-order valence-electron chi connectivity index (χ3n) is 5.71. The summed E-state index contributed by atoms with van der Waals surface area (Å²) in [4.78, 5) is 17.0. The Balaban J connectivity index is 1.55. The lowest BCUT2D eigenvalue weighted by atomic mass is 9.53. The van der Waals surface area contributed by atoms with Gasteiger partial charge in [0.15, 0.2) is 0 Å². The fourth-order valence-electron chi connectivity index (χ4n) is 5.39. The van der Waals surface area contributed by atoms with Crippen LogP contribution in [0.15, 0.2) is 18.3 Å². The summed E-state index contributed by atoms with van der Waals surface area (Å²) in [5.74, 6) is 2.91. The van der Waals surface area contributed by atoms with Crippen molar-refractivity contribution in [3.8, 4) is 5.88 Å². The van der Waals surface area contributed by atoms with Crippen molar-refractivity contribution >= 4 is 5.91 Å². The predicted molar refractivity (Wildman–Crippen MR) is 83.8 cm³/mol. The van der Waals surface area contributed by atoms with E-state index in [9.17, 15) is 4.79 Å². The Morgan fingerprint density at radius 3 is 2.50 bits per heavy atom. The zero-order valence-corrected chi connectivity index (χ0v) is 13.2. The van der Waals surface area contributed by atoms with Gasteiger partial charge in [-0.05, 0) is 75.3 Å². The summed E-state index contributed by atoms with van der Waals surface area (Å²) in [6, 6.07) is 3.62. The van der Waals surface area contributed by atoms with Crippen LogP contribution in [0.2, 0.25) is 0 Å². The lowest BCUT2D eigenvalue weighted by Gasteiger charge is -2.56. The Morgan fingerprint density at radius 1 is 1.27 bits per heavy atom. The number of nitrogens with zero attached hydrogens (tertiary/aromatic N) is 1. The monoisotopic (exact) mass is 300 g/mol. The van der Waals surface area contributed by atoms with E-state index in [0.29, 0.717) is 18.1 Å². The van der Waals surface area contributed by atoms with Gasteiger partial charge in [0.25, 0.3) is 5.91 Å². The van der Waals surface area contributed by atoms with E-state index in [1.165, 1.54) is 19.3 Å². The Morgan fingerprint density at radius 2 is 1.91 bits per heavy atom. The number of nitrogens with one attached hydrogen (secondary N) is 1. The first kappa shape index (κ1) is 14.0. The normalized spacial score (nSPS) is 35.4. The standard InChI is InChI=1S/C18H24N2O2/c1-2-22-17-15(4-3-5-19-17)16(21)20-18-9-12-6-13(10-18)8-14(7-12)11-18/h3-5,12-14H,2,6-11H2,1H3,(H,20,21). The van der Waals surface area contributed by atoms with E-state index in [-0.39, 0.29) is 11.4 Å². The molecule has 0 saturated heterocycles. The molecule has 0 spiro atoms. The number of hydrogen-bond acceptors (Lipinski definition) is 3. The van der Waals surface area contributed by atoms with Gasteiger partial charge in [-0.1, -0.05) is 0 Å². The smallest absolute Gasteiger partial charge is 0.257 e. The van der Waals surface area contributed by atoms with Crippen molar-refractivity contribution in [3.05, 3.63) is 23.9 Å². The lowest BCUT2D eigenvalue weighted by Crippen LogP contribution is -2.59. The average molecular weight is 300 g/mol. The summed E-state index contributed by atoms with van der Waals surface area (Å²) in [5, 5.41) is 3.38. The van der Waals surface area contributed by atoms with Crippen molar-refractivity contribution in [2.75, 3.05) is 6.61 Å². The van der Waals surface area contributed by atoms with Crippen molar-refractivity contribution in [2.45, 2.75) is 51.0 Å². The summed E-state index contributed by atoms with van der Waals surface area (Å²) in [7, 11) is 0. The third kappa shape index (κ3) is 2.38. The molecule has 0 aliphatic heterocycles. The zero-order chi connectivity index (χ0) is 15.2. The van der Waals surface area contributed by atoms with Crippen molar-refractivity contribution in [1.29, 1.82) is 0 Å². The van der Waals surface area contributed by atoms with Crippen LogP contribution in [0.4, 0.5) is 0 Å². The highest BCUT2D eigenvalue weighted by atomic mass is 16.5. The van der Waals surface area contributed by atoms with Crippen LogP contribution < -0.4 is 10.1 Å². The Kier molecular flexibility index (Phi) is 3.35. The van der Waals surface area contributed by atoms with Crippen LogP contribution in [0.25, 0.3) is 0 Å². The van der Waals surface area contributed by atoms with Gasteiger partial charge in [0.1, 0.15) is 5.56 Å². The summed E-state index contributed by atoms with van der Waals surface area (Å²) in [5.41, 5.74) is 0.602. The van der Waals surface area contributed by atoms with Crippen LogP contribution >= 0.6 is 0 Å². The second kappa shape index (κ2) is 5.25. The molecule has 4 aliphatic carbocycles. The molecule has 4 saturated carbocycles. The second-order valence-corrected chi connectivity index (χ2v) is 7.44. The van der Waals surface area contributed by atoms with E-state index >= 15 is 0 Å². The Hall–Kier alpha value is -1.58. The molecule has 1 aromatic heterocycles. The van der Waals surface area contributed by atoms with Crippen molar-refractivity contribution < 1.29 is 9.53 Å². The quantitative estimate of drug-likeness (QED) is 0.929. The van der Waals surface area contributed by atoms with Crippen LogP contribution in [0.3, 0.4) is 0 Å². The maximum Gasteiger partial charge on any atom is 0.257 e. The number of hydrogen-bond donors (Lipinski definition) is 1. The first-order chi connectivity index (χ1) is 10.7. The first-order valence-corrected chi connectivity index (χ1v) is 8.58. The molecule has 118 valence electrons. The van der Waals surface area contributed by atoms with E-state index in [1.807, 2.05) is 13.0 Å². The molecule has 22 heavy (non-hydrogen) atoms. The number of carbonyl (C=O) groups is 1. The highest BCUT2D eigenvalue weighted by Gasteiger charge is 2.51. The minimum atomic E-state index is -0.0153. The second-order valence-electron chi connectivity index (χ2n) is 7.44. The zero-order valence-electron chi connectivity index (χ0n) is 13.2. The van der Waals surface area contributed by atoms with E-state index in [4.69, 9.17) is 4.74 Å². The number of rotatable bonds is 4. The van der Waals surface area contributed by atoms with Crippen LogP contribution in [0.5, 0.6) is 5.88 Å². The molecular formula is C18H24N2O2. The van der Waals surface area contributed by atoms with Gasteiger partial charge in [0.2, 0.25) is 5.88 Å². The molecule has 4 aliphatic rings. The van der Waals surface area contributed by atoms with Crippen LogP contribution in [0.1, 0.15) is 55.8 Å². The van der Waals surface area contributed by atoms with Crippen LogP contribution in [-0.2, 0) is 0 Å². The van der Waals surface area contributed by atoms with Gasteiger partial charge in [0, 0.05) is 11.7 Å². The third-order valence-corrected chi connectivity index (χ3v) is 5.71. The molecule has 0 radical (unpaired) electrons. The lowest BCUT2D eigenvalue weighted by molar-refractivity contribution is -0.0167. The number of amides is 1. The first-order valence-electron chi connectivity index (χ1n) is 8.58. The topological polar surface area (TPSA) is 51.2 Å². The molecule has 0 unspecified atom stereocenters. The van der Waals surface area contributed by atoms with Gasteiger partial charge in [0.05, 0.1) is 6.61 Å². The fraction of sp³-hybridized carbons (Fsp3) is 0.667. The summed E-state index contributed by atoms with van der Waals surface area (Å²) < 4.78 is 5.51. The van der Waals surface area contributed by atoms with Gasteiger partial charge in [-0.15, -0.1) is 0 Å². The van der Waals surface area contributed by atoms with Crippen molar-refractivity contribution in [3.63, 3.8) is 0 Å². The minimum absolute atomic E-state index is 0.0153. The maximum atomic E-state index is 12.8. The van der Waals surface area contributed by atoms with Gasteiger partial charge < -0.3 is 10.1 Å². The Labute approximate surface area is 131 Å². The molecule has 5 rings (SSSR count). The van der Waals surface area contributed by atoms with Gasteiger partial charge in [-0.25, -0.2) is 4.98 Å². The van der Waals surface area contributed by atoms with E-state index < -0.39 is 0 Å². The highest BCUT2D eigenvalue weighted by Crippen LogP contribution is 2.55. The molecule has 4 heteroatoms. The molecule has 4 nitrogen and oxygen atoms in total.